The van der Waals surface area contributed by atoms with Gasteiger partial charge in [0.25, 0.3) is 0 Å². The lowest BCUT2D eigenvalue weighted by atomic mass is 9.72. The third kappa shape index (κ3) is 3.98. The fourth-order valence-electron chi connectivity index (χ4n) is 7.41. The summed E-state index contributed by atoms with van der Waals surface area (Å²) in [5.74, 6) is 1.76. The molecule has 0 saturated carbocycles. The van der Waals surface area contributed by atoms with Crippen molar-refractivity contribution in [1.29, 1.82) is 0 Å². The van der Waals surface area contributed by atoms with E-state index in [1.165, 1.54) is 38.7 Å². The third-order valence-electron chi connectivity index (χ3n) is 9.57. The Morgan fingerprint density at radius 3 is 2.02 bits per heavy atom. The van der Waals surface area contributed by atoms with Crippen molar-refractivity contribution in [3.8, 4) is 22.6 Å². The minimum atomic E-state index is -0.317. The molecule has 0 saturated heterocycles. The topological polar surface area (TPSA) is 15.7 Å². The summed E-state index contributed by atoms with van der Waals surface area (Å²) in [6.07, 6.45) is 0. The molecular formula is C43H32N2O. The molecule has 0 aliphatic carbocycles. The second-order valence-corrected chi connectivity index (χ2v) is 12.6. The largest absolute Gasteiger partial charge is 0.453 e. The second-order valence-electron chi connectivity index (χ2n) is 12.6. The molecule has 0 aromatic heterocycles. The third-order valence-corrected chi connectivity index (χ3v) is 9.57. The van der Waals surface area contributed by atoms with Crippen molar-refractivity contribution in [3.05, 3.63) is 169 Å². The Morgan fingerprint density at radius 1 is 0.522 bits per heavy atom. The maximum atomic E-state index is 6.49. The van der Waals surface area contributed by atoms with E-state index in [0.29, 0.717) is 0 Å². The molecule has 3 nitrogen and oxygen atoms in total. The summed E-state index contributed by atoms with van der Waals surface area (Å²) in [7, 11) is 0. The van der Waals surface area contributed by atoms with Crippen LogP contribution in [0, 0.1) is 0 Å². The highest BCUT2D eigenvalue weighted by atomic mass is 16.5. The van der Waals surface area contributed by atoms with Crippen LogP contribution in [0.4, 0.5) is 34.1 Å². The SMILES string of the molecule is CC1(C)c2cccc3c2N(c2ccccc2O3)c2cccc(N(c3ccc(-c4ccccc4)cc3)c3ccc4ccccc4c3)c21. The van der Waals surface area contributed by atoms with Crippen LogP contribution in [0.2, 0.25) is 0 Å². The molecular weight excluding hydrogens is 560 g/mol. The van der Waals surface area contributed by atoms with E-state index in [0.717, 1.165) is 39.9 Å². The molecule has 7 aromatic carbocycles. The zero-order chi connectivity index (χ0) is 30.8. The average molecular weight is 593 g/mol. The minimum absolute atomic E-state index is 0.317. The monoisotopic (exact) mass is 592 g/mol. The molecule has 0 bridgehead atoms. The summed E-state index contributed by atoms with van der Waals surface area (Å²) < 4.78 is 6.49. The van der Waals surface area contributed by atoms with Gasteiger partial charge in [-0.2, -0.15) is 0 Å². The summed E-state index contributed by atoms with van der Waals surface area (Å²) in [5.41, 5.74) is 11.4. The normalized spacial score (nSPS) is 13.7. The molecule has 0 amide bonds. The van der Waals surface area contributed by atoms with E-state index in [1.54, 1.807) is 0 Å². The van der Waals surface area contributed by atoms with Crippen LogP contribution in [0.3, 0.4) is 0 Å². The Hall–Kier alpha value is -5.80. The van der Waals surface area contributed by atoms with Crippen molar-refractivity contribution in [3.63, 3.8) is 0 Å². The zero-order valence-corrected chi connectivity index (χ0v) is 25.8. The summed E-state index contributed by atoms with van der Waals surface area (Å²) >= 11 is 0. The van der Waals surface area contributed by atoms with Crippen LogP contribution in [-0.4, -0.2) is 0 Å². The summed E-state index contributed by atoms with van der Waals surface area (Å²) in [4.78, 5) is 4.84. The van der Waals surface area contributed by atoms with Crippen LogP contribution in [0.25, 0.3) is 21.9 Å². The van der Waals surface area contributed by atoms with Gasteiger partial charge in [-0.15, -0.1) is 0 Å². The molecule has 0 atom stereocenters. The van der Waals surface area contributed by atoms with Crippen LogP contribution in [0.5, 0.6) is 11.5 Å². The van der Waals surface area contributed by atoms with Gasteiger partial charge in [0.2, 0.25) is 0 Å². The van der Waals surface area contributed by atoms with Gasteiger partial charge in [0.05, 0.1) is 22.7 Å². The fourth-order valence-corrected chi connectivity index (χ4v) is 7.41. The number of ether oxygens (including phenoxy) is 1. The molecule has 0 fully saturated rings. The molecule has 0 spiro atoms. The van der Waals surface area contributed by atoms with Crippen molar-refractivity contribution in [1.82, 2.24) is 0 Å². The van der Waals surface area contributed by atoms with Gasteiger partial charge in [-0.25, -0.2) is 0 Å². The smallest absolute Gasteiger partial charge is 0.151 e. The fraction of sp³-hybridized carbons (Fsp3) is 0.0698. The van der Waals surface area contributed by atoms with Crippen LogP contribution in [0.1, 0.15) is 25.0 Å². The van der Waals surface area contributed by atoms with Gasteiger partial charge in [-0.1, -0.05) is 117 Å². The van der Waals surface area contributed by atoms with Gasteiger partial charge >= 0.3 is 0 Å². The zero-order valence-electron chi connectivity index (χ0n) is 25.8. The minimum Gasteiger partial charge on any atom is -0.453 e. The highest BCUT2D eigenvalue weighted by molar-refractivity contribution is 5.97. The molecule has 3 heteroatoms. The molecule has 7 aromatic rings. The van der Waals surface area contributed by atoms with Crippen LogP contribution in [0.15, 0.2) is 158 Å². The van der Waals surface area contributed by atoms with Gasteiger partial charge in [0.1, 0.15) is 0 Å². The van der Waals surface area contributed by atoms with Gasteiger partial charge in [0.15, 0.2) is 11.5 Å². The molecule has 0 N–H and O–H groups in total. The number of benzene rings is 7. The lowest BCUT2D eigenvalue weighted by Crippen LogP contribution is -2.33. The van der Waals surface area contributed by atoms with E-state index in [4.69, 9.17) is 4.74 Å². The van der Waals surface area contributed by atoms with Crippen LogP contribution in [-0.2, 0) is 5.41 Å². The highest BCUT2D eigenvalue weighted by Crippen LogP contribution is 2.61. The van der Waals surface area contributed by atoms with Crippen LogP contribution < -0.4 is 14.5 Å². The molecule has 2 aliphatic rings. The highest BCUT2D eigenvalue weighted by Gasteiger charge is 2.43. The number of para-hydroxylation sites is 3. The number of nitrogens with zero attached hydrogens (tertiary/aromatic N) is 2. The van der Waals surface area contributed by atoms with Crippen molar-refractivity contribution in [2.45, 2.75) is 19.3 Å². The van der Waals surface area contributed by atoms with Crippen molar-refractivity contribution < 1.29 is 4.74 Å². The van der Waals surface area contributed by atoms with E-state index in [1.807, 2.05) is 6.07 Å². The van der Waals surface area contributed by atoms with Crippen molar-refractivity contribution in [2.75, 3.05) is 9.80 Å². The molecule has 9 rings (SSSR count). The quantitative estimate of drug-likeness (QED) is 0.202. The molecule has 0 radical (unpaired) electrons. The predicted molar refractivity (Wildman–Crippen MR) is 191 cm³/mol. The van der Waals surface area contributed by atoms with E-state index < -0.39 is 0 Å². The average Bonchev–Trinajstić information content (AvgIpc) is 3.10. The van der Waals surface area contributed by atoms with Crippen molar-refractivity contribution in [2.24, 2.45) is 0 Å². The standard InChI is InChI=1S/C43H32N2O/c1-43(2)35-16-10-21-40-42(35)45(36-17-8-9-20-39(36)46-40)38-19-11-18-37(41(38)43)44(34-27-24-30-14-6-7-15-32(30)28-34)33-25-22-31(23-26-33)29-12-4-3-5-13-29/h3-28H,1-2H3. The Morgan fingerprint density at radius 2 is 1.17 bits per heavy atom. The number of hydrogen-bond donors (Lipinski definition) is 0. The molecule has 0 unspecified atom stereocenters. The van der Waals surface area contributed by atoms with Gasteiger partial charge in [-0.05, 0) is 82.1 Å². The van der Waals surface area contributed by atoms with E-state index >= 15 is 0 Å². The first-order valence-corrected chi connectivity index (χ1v) is 15.9. The van der Waals surface area contributed by atoms with Crippen molar-refractivity contribution >= 4 is 44.9 Å². The number of fused-ring (bicyclic) bond motifs is 5. The maximum Gasteiger partial charge on any atom is 0.151 e. The van der Waals surface area contributed by atoms with Gasteiger partial charge < -0.3 is 14.5 Å². The lowest BCUT2D eigenvalue weighted by Gasteiger charge is -2.46. The Labute approximate surface area is 269 Å². The Balaban J connectivity index is 1.30. The molecule has 2 heterocycles. The second kappa shape index (κ2) is 10.1. The van der Waals surface area contributed by atoms with E-state index in [2.05, 4.69) is 175 Å². The first-order chi connectivity index (χ1) is 22.6. The lowest BCUT2D eigenvalue weighted by molar-refractivity contribution is 0.471. The van der Waals surface area contributed by atoms with Gasteiger partial charge in [-0.3, -0.25) is 0 Å². The number of anilines is 6. The summed E-state index contributed by atoms with van der Waals surface area (Å²) in [5, 5.41) is 2.44. The molecule has 2 aliphatic heterocycles. The number of hydrogen-bond acceptors (Lipinski definition) is 3. The first kappa shape index (κ1) is 26.6. The maximum absolute atomic E-state index is 6.49. The first-order valence-electron chi connectivity index (χ1n) is 15.9. The predicted octanol–water partition coefficient (Wildman–Crippen LogP) is 12.2. The van der Waals surface area contributed by atoms with Crippen LogP contribution >= 0.6 is 0 Å². The summed E-state index contributed by atoms with van der Waals surface area (Å²) in [6, 6.07) is 56.5. The number of rotatable bonds is 4. The van der Waals surface area contributed by atoms with Gasteiger partial charge in [0, 0.05) is 22.4 Å². The van der Waals surface area contributed by atoms with E-state index in [-0.39, 0.29) is 5.41 Å². The Kier molecular flexibility index (Phi) is 5.85. The molecule has 46 heavy (non-hydrogen) atoms. The Bertz CT molecular complexity index is 2270. The van der Waals surface area contributed by atoms with E-state index in [9.17, 15) is 0 Å². The molecule has 220 valence electrons. The summed E-state index contributed by atoms with van der Waals surface area (Å²) in [6.45, 7) is 4.69.